The average molecular weight is 274 g/mol. The van der Waals surface area contributed by atoms with Crippen LogP contribution < -0.4 is 0 Å². The molecule has 4 rings (SSSR count). The largest absolute Gasteiger partial charge is 0.291 e. The third kappa shape index (κ3) is 2.32. The van der Waals surface area contributed by atoms with Gasteiger partial charge in [-0.15, -0.1) is 12.6 Å². The second kappa shape index (κ2) is 4.36. The molecule has 0 aromatic carbocycles. The summed E-state index contributed by atoms with van der Waals surface area (Å²) in [5.74, 6) is 2.72. The highest BCUT2D eigenvalue weighted by Crippen LogP contribution is 2.64. The van der Waals surface area contributed by atoms with Crippen molar-refractivity contribution in [1.82, 2.24) is 0 Å². The highest BCUT2D eigenvalue weighted by Gasteiger charge is 2.54. The van der Waals surface area contributed by atoms with Gasteiger partial charge in [-0.05, 0) is 67.6 Å². The van der Waals surface area contributed by atoms with Crippen molar-refractivity contribution in [2.24, 2.45) is 29.1 Å². The zero-order valence-electron chi connectivity index (χ0n) is 11.2. The summed E-state index contributed by atoms with van der Waals surface area (Å²) in [4.78, 5) is 0. The molecule has 0 aromatic rings. The molecule has 4 saturated carbocycles. The van der Waals surface area contributed by atoms with Crippen LogP contribution in [0.5, 0.6) is 0 Å². The fourth-order valence-corrected chi connectivity index (χ4v) is 5.99. The highest BCUT2D eigenvalue weighted by molar-refractivity contribution is 7.81. The summed E-state index contributed by atoms with van der Waals surface area (Å²) < 4.78 is 26.6. The van der Waals surface area contributed by atoms with Gasteiger partial charge in [0.1, 0.15) is 0 Å². The first-order valence-corrected chi connectivity index (χ1v) is 7.95. The van der Waals surface area contributed by atoms with E-state index >= 15 is 0 Å². The van der Waals surface area contributed by atoms with E-state index in [4.69, 9.17) is 0 Å². The van der Waals surface area contributed by atoms with Crippen LogP contribution in [0.1, 0.15) is 58.3 Å². The summed E-state index contributed by atoms with van der Waals surface area (Å²) in [7, 11) is 0. The van der Waals surface area contributed by atoms with E-state index in [1.807, 2.05) is 0 Å². The van der Waals surface area contributed by atoms with E-state index in [9.17, 15) is 8.78 Å². The first kappa shape index (κ1) is 13.2. The van der Waals surface area contributed by atoms with Crippen molar-refractivity contribution in [2.75, 3.05) is 0 Å². The van der Waals surface area contributed by atoms with Crippen molar-refractivity contribution < 1.29 is 8.78 Å². The van der Waals surface area contributed by atoms with Crippen LogP contribution in [0.2, 0.25) is 0 Å². The normalized spacial score (nSPS) is 44.3. The molecule has 0 N–H and O–H groups in total. The molecule has 1 atom stereocenters. The van der Waals surface area contributed by atoms with Crippen molar-refractivity contribution in [3.8, 4) is 0 Å². The monoisotopic (exact) mass is 274 g/mol. The maximum atomic E-state index is 13.3. The van der Waals surface area contributed by atoms with Crippen LogP contribution in [0.25, 0.3) is 0 Å². The van der Waals surface area contributed by atoms with E-state index < -0.39 is 5.25 Å². The summed E-state index contributed by atoms with van der Waals surface area (Å²) >= 11 is 3.48. The number of hydrogen-bond acceptors (Lipinski definition) is 1. The molecule has 0 radical (unpaired) electrons. The summed E-state index contributed by atoms with van der Waals surface area (Å²) in [5, 5.41) is -2.79. The van der Waals surface area contributed by atoms with E-state index in [0.717, 1.165) is 24.2 Å². The molecule has 0 spiro atoms. The molecule has 4 aliphatic carbocycles. The van der Waals surface area contributed by atoms with Crippen molar-refractivity contribution in [1.29, 1.82) is 0 Å². The lowest BCUT2D eigenvalue weighted by Crippen LogP contribution is -2.50. The quantitative estimate of drug-likeness (QED) is 0.674. The van der Waals surface area contributed by atoms with Gasteiger partial charge in [0.15, 0.2) is 0 Å². The van der Waals surface area contributed by atoms with Crippen molar-refractivity contribution in [2.45, 2.75) is 63.5 Å². The lowest BCUT2D eigenvalue weighted by Gasteiger charge is -2.60. The van der Waals surface area contributed by atoms with Crippen LogP contribution in [0, 0.1) is 29.1 Å². The van der Waals surface area contributed by atoms with Crippen LogP contribution >= 0.6 is 12.6 Å². The van der Waals surface area contributed by atoms with Gasteiger partial charge in [0.25, 0.3) is 5.25 Å². The predicted octanol–water partition coefficient (Wildman–Crippen LogP) is 5.14. The molecule has 4 fully saturated rings. The molecule has 104 valence electrons. The molecular weight excluding hydrogens is 250 g/mol. The van der Waals surface area contributed by atoms with E-state index in [2.05, 4.69) is 19.6 Å². The summed E-state index contributed by atoms with van der Waals surface area (Å²) in [6.07, 6.45) is 8.69. The number of hydrogen-bond donors (Lipinski definition) is 1. The van der Waals surface area contributed by atoms with Gasteiger partial charge in [-0.2, -0.15) is 8.78 Å². The van der Waals surface area contributed by atoms with Crippen LogP contribution in [-0.4, -0.2) is 5.25 Å². The van der Waals surface area contributed by atoms with E-state index in [1.165, 1.54) is 38.5 Å². The Balaban J connectivity index is 1.80. The molecule has 0 aliphatic heterocycles. The second-order valence-corrected chi connectivity index (χ2v) is 7.91. The summed E-state index contributed by atoms with van der Waals surface area (Å²) in [5.41, 5.74) is 0.246. The average Bonchev–Trinajstić information content (AvgIpc) is 2.22. The molecule has 4 bridgehead atoms. The van der Waals surface area contributed by atoms with Gasteiger partial charge in [-0.3, -0.25) is 0 Å². The summed E-state index contributed by atoms with van der Waals surface area (Å²) in [6, 6.07) is 0. The third-order valence-corrected chi connectivity index (χ3v) is 6.12. The molecular formula is C15H24F2S. The third-order valence-electron chi connectivity index (χ3n) is 5.94. The minimum atomic E-state index is -2.79. The topological polar surface area (TPSA) is 0 Å². The van der Waals surface area contributed by atoms with Gasteiger partial charge in [0, 0.05) is 6.42 Å². The van der Waals surface area contributed by atoms with Crippen LogP contribution in [0.3, 0.4) is 0 Å². The maximum Gasteiger partial charge on any atom is 0.291 e. The van der Waals surface area contributed by atoms with E-state index in [0.29, 0.717) is 0 Å². The number of thiol groups is 1. The second-order valence-electron chi connectivity index (χ2n) is 7.26. The Bertz CT molecular complexity index is 286. The van der Waals surface area contributed by atoms with Gasteiger partial charge >= 0.3 is 0 Å². The minimum Gasteiger partial charge on any atom is -0.195 e. The summed E-state index contributed by atoms with van der Waals surface area (Å²) in [6.45, 7) is 2.09. The zero-order chi connectivity index (χ0) is 13.0. The first-order valence-electron chi connectivity index (χ1n) is 7.50. The lowest BCUT2D eigenvalue weighted by molar-refractivity contribution is -0.103. The van der Waals surface area contributed by atoms with Crippen molar-refractivity contribution >= 4 is 12.6 Å². The van der Waals surface area contributed by atoms with Crippen molar-refractivity contribution in [3.05, 3.63) is 0 Å². The standard InChI is InChI=1S/C15H24F2S/c1-2-13(9-15(16,17)18)14-6-10-3-11(7-14)5-12(4-10)8-14/h10-13,18H,2-9H2,1H3. The molecule has 0 saturated heterocycles. The van der Waals surface area contributed by atoms with Crippen LogP contribution in [0.15, 0.2) is 0 Å². The SMILES string of the molecule is CCC(CC(F)(F)S)C12CC3CC(CC(C3)C1)C2. The Labute approximate surface area is 114 Å². The Hall–Kier alpha value is 0.210. The Morgan fingerprint density at radius 3 is 1.89 bits per heavy atom. The number of rotatable bonds is 4. The molecule has 0 heterocycles. The number of halogens is 2. The van der Waals surface area contributed by atoms with Crippen LogP contribution in [0.4, 0.5) is 8.78 Å². The first-order chi connectivity index (χ1) is 8.40. The van der Waals surface area contributed by atoms with Crippen molar-refractivity contribution in [3.63, 3.8) is 0 Å². The Morgan fingerprint density at radius 1 is 1.11 bits per heavy atom. The number of alkyl halides is 2. The molecule has 3 heteroatoms. The molecule has 0 amide bonds. The van der Waals surface area contributed by atoms with Gasteiger partial charge in [-0.1, -0.05) is 13.3 Å². The predicted molar refractivity (Wildman–Crippen MR) is 72.9 cm³/mol. The Kier molecular flexibility index (Phi) is 3.20. The molecule has 0 aromatic heterocycles. The highest BCUT2D eigenvalue weighted by atomic mass is 32.1. The maximum absolute atomic E-state index is 13.3. The molecule has 0 nitrogen and oxygen atoms in total. The van der Waals surface area contributed by atoms with E-state index in [1.54, 1.807) is 0 Å². The lowest BCUT2D eigenvalue weighted by atomic mass is 9.46. The van der Waals surface area contributed by atoms with E-state index in [-0.39, 0.29) is 17.8 Å². The van der Waals surface area contributed by atoms with Gasteiger partial charge in [0.2, 0.25) is 0 Å². The zero-order valence-corrected chi connectivity index (χ0v) is 12.1. The van der Waals surface area contributed by atoms with Gasteiger partial charge in [-0.25, -0.2) is 0 Å². The Morgan fingerprint density at radius 2 is 1.56 bits per heavy atom. The smallest absolute Gasteiger partial charge is 0.195 e. The van der Waals surface area contributed by atoms with Gasteiger partial charge < -0.3 is 0 Å². The van der Waals surface area contributed by atoms with Gasteiger partial charge in [0.05, 0.1) is 0 Å². The fraction of sp³-hybridized carbons (Fsp3) is 1.00. The van der Waals surface area contributed by atoms with Crippen LogP contribution in [-0.2, 0) is 0 Å². The molecule has 4 aliphatic rings. The molecule has 1 unspecified atom stereocenters. The molecule has 18 heavy (non-hydrogen) atoms. The fourth-order valence-electron chi connectivity index (χ4n) is 5.77. The minimum absolute atomic E-state index is 0.0151.